The molecule has 0 radical (unpaired) electrons. The molecule has 5 nitrogen and oxygen atoms in total. The van der Waals surface area contributed by atoms with E-state index in [9.17, 15) is 9.18 Å². The lowest BCUT2D eigenvalue weighted by Crippen LogP contribution is -2.35. The summed E-state index contributed by atoms with van der Waals surface area (Å²) in [7, 11) is 2.88. The number of benzene rings is 1. The van der Waals surface area contributed by atoms with Gasteiger partial charge in [0.1, 0.15) is 5.82 Å². The van der Waals surface area contributed by atoms with Crippen molar-refractivity contribution in [3.8, 4) is 11.5 Å². The van der Waals surface area contributed by atoms with Gasteiger partial charge in [-0.2, -0.15) is 0 Å². The standard InChI is InChI=1S/C15H21FN2O3/c1-9-4-10(7-17)8-18(9)15(19)11-5-13(20-2)14(21-3)6-12(11)16/h5-6,9-10H,4,7-8,17H2,1-3H3. The van der Waals surface area contributed by atoms with Crippen LogP contribution in [-0.4, -0.2) is 44.2 Å². The lowest BCUT2D eigenvalue weighted by Gasteiger charge is -2.22. The van der Waals surface area contributed by atoms with E-state index in [4.69, 9.17) is 15.2 Å². The smallest absolute Gasteiger partial charge is 0.257 e. The van der Waals surface area contributed by atoms with E-state index in [-0.39, 0.29) is 29.2 Å². The van der Waals surface area contributed by atoms with Crippen LogP contribution in [0.15, 0.2) is 12.1 Å². The summed E-state index contributed by atoms with van der Waals surface area (Å²) in [5, 5.41) is 0. The Kier molecular flexibility index (Phi) is 4.67. The number of nitrogens with two attached hydrogens (primary N) is 1. The molecule has 2 rings (SSSR count). The Hall–Kier alpha value is -1.82. The lowest BCUT2D eigenvalue weighted by molar-refractivity contribution is 0.0738. The molecule has 0 aromatic heterocycles. The van der Waals surface area contributed by atoms with Crippen molar-refractivity contribution in [3.63, 3.8) is 0 Å². The number of amides is 1. The average molecular weight is 296 g/mol. The number of likely N-dealkylation sites (tertiary alicyclic amines) is 1. The van der Waals surface area contributed by atoms with Gasteiger partial charge in [0.15, 0.2) is 11.5 Å². The number of nitrogens with zero attached hydrogens (tertiary/aromatic N) is 1. The van der Waals surface area contributed by atoms with E-state index >= 15 is 0 Å². The minimum Gasteiger partial charge on any atom is -0.493 e. The summed E-state index contributed by atoms with van der Waals surface area (Å²) < 4.78 is 24.3. The van der Waals surface area contributed by atoms with Crippen molar-refractivity contribution in [1.82, 2.24) is 4.90 Å². The molecule has 0 saturated carbocycles. The van der Waals surface area contributed by atoms with E-state index in [1.54, 1.807) is 4.90 Å². The molecule has 1 aliphatic heterocycles. The van der Waals surface area contributed by atoms with E-state index in [1.165, 1.54) is 26.4 Å². The molecule has 0 spiro atoms. The lowest BCUT2D eigenvalue weighted by atomic mass is 10.1. The Bertz CT molecular complexity index is 536. The first kappa shape index (κ1) is 15.6. The van der Waals surface area contributed by atoms with E-state index in [0.29, 0.717) is 18.8 Å². The molecule has 0 aliphatic carbocycles. The fourth-order valence-corrected chi connectivity index (χ4v) is 2.77. The van der Waals surface area contributed by atoms with Crippen molar-refractivity contribution >= 4 is 5.91 Å². The van der Waals surface area contributed by atoms with Gasteiger partial charge in [-0.15, -0.1) is 0 Å². The van der Waals surface area contributed by atoms with Crippen molar-refractivity contribution in [2.24, 2.45) is 11.7 Å². The largest absolute Gasteiger partial charge is 0.493 e. The zero-order chi connectivity index (χ0) is 15.6. The molecule has 1 aromatic rings. The average Bonchev–Trinajstić information content (AvgIpc) is 2.87. The number of carbonyl (C=O) groups is 1. The Morgan fingerprint density at radius 2 is 2.00 bits per heavy atom. The summed E-state index contributed by atoms with van der Waals surface area (Å²) in [6, 6.07) is 2.62. The second-order valence-corrected chi connectivity index (χ2v) is 5.33. The first-order chi connectivity index (χ1) is 10.0. The van der Waals surface area contributed by atoms with Crippen molar-refractivity contribution in [3.05, 3.63) is 23.5 Å². The molecule has 1 saturated heterocycles. The number of rotatable bonds is 4. The van der Waals surface area contributed by atoms with Crippen LogP contribution < -0.4 is 15.2 Å². The third-order valence-electron chi connectivity index (χ3n) is 3.96. The topological polar surface area (TPSA) is 64.8 Å². The fourth-order valence-electron chi connectivity index (χ4n) is 2.77. The minimum absolute atomic E-state index is 0.00262. The number of halogens is 1. The van der Waals surface area contributed by atoms with Crippen molar-refractivity contribution in [1.29, 1.82) is 0 Å². The van der Waals surface area contributed by atoms with Gasteiger partial charge in [0.25, 0.3) is 5.91 Å². The van der Waals surface area contributed by atoms with Crippen LogP contribution >= 0.6 is 0 Å². The van der Waals surface area contributed by atoms with Crippen LogP contribution in [0.1, 0.15) is 23.7 Å². The maximum Gasteiger partial charge on any atom is 0.257 e. The molecule has 1 aliphatic rings. The van der Waals surface area contributed by atoms with E-state index < -0.39 is 5.82 Å². The third kappa shape index (κ3) is 2.95. The van der Waals surface area contributed by atoms with Crippen LogP contribution in [0.25, 0.3) is 0 Å². The van der Waals surface area contributed by atoms with Crippen molar-refractivity contribution in [2.45, 2.75) is 19.4 Å². The normalized spacial score (nSPS) is 21.5. The second-order valence-electron chi connectivity index (χ2n) is 5.33. The maximum atomic E-state index is 14.2. The predicted octanol–water partition coefficient (Wildman–Crippen LogP) is 1.65. The maximum absolute atomic E-state index is 14.2. The first-order valence-corrected chi connectivity index (χ1v) is 6.94. The molecule has 1 aromatic carbocycles. The molecule has 21 heavy (non-hydrogen) atoms. The van der Waals surface area contributed by atoms with Crippen LogP contribution in [0.3, 0.4) is 0 Å². The van der Waals surface area contributed by atoms with Crippen molar-refractivity contribution in [2.75, 3.05) is 27.3 Å². The summed E-state index contributed by atoms with van der Waals surface area (Å²) >= 11 is 0. The highest BCUT2D eigenvalue weighted by Crippen LogP contribution is 2.32. The van der Waals surface area contributed by atoms with Gasteiger partial charge in [-0.05, 0) is 31.9 Å². The molecule has 0 bridgehead atoms. The zero-order valence-electron chi connectivity index (χ0n) is 12.6. The minimum atomic E-state index is -0.610. The Labute approximate surface area is 123 Å². The monoisotopic (exact) mass is 296 g/mol. The molecule has 1 fully saturated rings. The molecular weight excluding hydrogens is 275 g/mol. The molecule has 1 amide bonds. The molecule has 1 heterocycles. The highest BCUT2D eigenvalue weighted by Gasteiger charge is 2.33. The molecule has 116 valence electrons. The van der Waals surface area contributed by atoms with Crippen molar-refractivity contribution < 1.29 is 18.7 Å². The quantitative estimate of drug-likeness (QED) is 0.917. The van der Waals surface area contributed by atoms with E-state index in [0.717, 1.165) is 6.42 Å². The van der Waals surface area contributed by atoms with Crippen LogP contribution in [0.2, 0.25) is 0 Å². The van der Waals surface area contributed by atoms with Gasteiger partial charge < -0.3 is 20.1 Å². The zero-order valence-corrected chi connectivity index (χ0v) is 12.6. The SMILES string of the molecule is COc1cc(F)c(C(=O)N2CC(CN)CC2C)cc1OC. The second kappa shape index (κ2) is 6.30. The molecule has 2 atom stereocenters. The highest BCUT2D eigenvalue weighted by molar-refractivity contribution is 5.95. The Balaban J connectivity index is 2.31. The number of hydrogen-bond donors (Lipinski definition) is 1. The summed E-state index contributed by atoms with van der Waals surface area (Å²) in [6.45, 7) is 3.04. The summed E-state index contributed by atoms with van der Waals surface area (Å²) in [5.74, 6) is -0.0737. The van der Waals surface area contributed by atoms with Gasteiger partial charge in [-0.1, -0.05) is 0 Å². The van der Waals surface area contributed by atoms with Crippen LogP contribution in [0, 0.1) is 11.7 Å². The fraction of sp³-hybridized carbons (Fsp3) is 0.533. The molecule has 2 unspecified atom stereocenters. The van der Waals surface area contributed by atoms with Gasteiger partial charge in [0.05, 0.1) is 19.8 Å². The van der Waals surface area contributed by atoms with Gasteiger partial charge in [0.2, 0.25) is 0 Å². The summed E-state index contributed by atoms with van der Waals surface area (Å²) in [4.78, 5) is 14.2. The highest BCUT2D eigenvalue weighted by atomic mass is 19.1. The molecule has 2 N–H and O–H groups in total. The van der Waals surface area contributed by atoms with E-state index in [1.807, 2.05) is 6.92 Å². The Morgan fingerprint density at radius 3 is 2.52 bits per heavy atom. The van der Waals surface area contributed by atoms with Gasteiger partial charge in [-0.25, -0.2) is 4.39 Å². The summed E-state index contributed by atoms with van der Waals surface area (Å²) in [6.07, 6.45) is 0.844. The number of ether oxygens (including phenoxy) is 2. The third-order valence-corrected chi connectivity index (χ3v) is 3.96. The number of methoxy groups -OCH3 is 2. The van der Waals surface area contributed by atoms with Gasteiger partial charge >= 0.3 is 0 Å². The summed E-state index contributed by atoms with van der Waals surface area (Å²) in [5.41, 5.74) is 5.66. The Morgan fingerprint density at radius 1 is 1.38 bits per heavy atom. The van der Waals surface area contributed by atoms with E-state index in [2.05, 4.69) is 0 Å². The predicted molar refractivity (Wildman–Crippen MR) is 77.2 cm³/mol. The van der Waals surface area contributed by atoms with Crippen LogP contribution in [0.5, 0.6) is 11.5 Å². The van der Waals surface area contributed by atoms with Gasteiger partial charge in [-0.3, -0.25) is 4.79 Å². The number of carbonyl (C=O) groups excluding carboxylic acids is 1. The van der Waals surface area contributed by atoms with Gasteiger partial charge in [0, 0.05) is 18.7 Å². The first-order valence-electron chi connectivity index (χ1n) is 6.94. The number of hydrogen-bond acceptors (Lipinski definition) is 4. The van der Waals surface area contributed by atoms with Crippen LogP contribution in [0.4, 0.5) is 4.39 Å². The van der Waals surface area contributed by atoms with Crippen LogP contribution in [-0.2, 0) is 0 Å². The molecule has 6 heteroatoms. The molecular formula is C15H21FN2O3.